The van der Waals surface area contributed by atoms with Crippen molar-refractivity contribution in [3.63, 3.8) is 0 Å². The Morgan fingerprint density at radius 2 is 1.68 bits per heavy atom. The van der Waals surface area contributed by atoms with Gasteiger partial charge in [0.05, 0.1) is 6.10 Å². The number of hydrogen-bond donors (Lipinski definition) is 1. The number of benzene rings is 2. The van der Waals surface area contributed by atoms with Crippen molar-refractivity contribution in [3.8, 4) is 0 Å². The normalized spacial score (nSPS) is 30.1. The number of carbonyl (C=O) groups is 2. The van der Waals surface area contributed by atoms with Crippen molar-refractivity contribution in [1.82, 2.24) is 5.32 Å². The van der Waals surface area contributed by atoms with Crippen molar-refractivity contribution in [1.29, 1.82) is 0 Å². The maximum Gasteiger partial charge on any atom is 0.302 e. The molecule has 6 heteroatoms. The molecule has 1 heterocycles. The van der Waals surface area contributed by atoms with Crippen LogP contribution in [0.15, 0.2) is 60.7 Å². The Kier molecular flexibility index (Phi) is 6.68. The van der Waals surface area contributed by atoms with Gasteiger partial charge in [-0.25, -0.2) is 0 Å². The Morgan fingerprint density at radius 3 is 2.32 bits per heavy atom. The predicted molar refractivity (Wildman–Crippen MR) is 115 cm³/mol. The monoisotopic (exact) mass is 423 g/mol. The molecule has 2 aromatic carbocycles. The van der Waals surface area contributed by atoms with E-state index >= 15 is 0 Å². The maximum atomic E-state index is 12.9. The van der Waals surface area contributed by atoms with E-state index in [0.717, 1.165) is 19.3 Å². The maximum absolute atomic E-state index is 12.9. The fourth-order valence-corrected chi connectivity index (χ4v) is 4.93. The molecule has 0 unspecified atom stereocenters. The number of esters is 1. The third-order valence-corrected chi connectivity index (χ3v) is 6.35. The molecule has 0 bridgehead atoms. The molecule has 0 radical (unpaired) electrons. The van der Waals surface area contributed by atoms with E-state index < -0.39 is 18.4 Å². The number of hydrogen-bond acceptors (Lipinski definition) is 5. The van der Waals surface area contributed by atoms with Crippen molar-refractivity contribution in [2.24, 2.45) is 5.92 Å². The van der Waals surface area contributed by atoms with Gasteiger partial charge in [-0.3, -0.25) is 9.59 Å². The van der Waals surface area contributed by atoms with Crippen LogP contribution in [0.5, 0.6) is 0 Å². The number of nitrogens with one attached hydrogen (secondary N) is 1. The molecule has 1 amide bonds. The highest BCUT2D eigenvalue weighted by atomic mass is 16.7. The first-order chi connectivity index (χ1) is 15.1. The van der Waals surface area contributed by atoms with E-state index in [1.807, 2.05) is 36.4 Å². The average Bonchev–Trinajstić information content (AvgIpc) is 2.80. The first kappa shape index (κ1) is 21.5. The largest absolute Gasteiger partial charge is 0.460 e. The van der Waals surface area contributed by atoms with Crippen LogP contribution < -0.4 is 5.32 Å². The fourth-order valence-electron chi connectivity index (χ4n) is 4.93. The van der Waals surface area contributed by atoms with E-state index in [0.29, 0.717) is 11.5 Å². The number of ether oxygens (including phenoxy) is 3. The molecule has 1 N–H and O–H groups in total. The Hall–Kier alpha value is -2.70. The van der Waals surface area contributed by atoms with Gasteiger partial charge in [0.1, 0.15) is 12.1 Å². The Labute approximate surface area is 182 Å². The van der Waals surface area contributed by atoms with E-state index in [-0.39, 0.29) is 23.9 Å². The molecule has 6 nitrogen and oxygen atoms in total. The van der Waals surface area contributed by atoms with Gasteiger partial charge in [0.15, 0.2) is 6.29 Å². The van der Waals surface area contributed by atoms with Crippen LogP contribution in [0.4, 0.5) is 0 Å². The molecule has 2 aromatic rings. The third-order valence-electron chi connectivity index (χ3n) is 6.35. The topological polar surface area (TPSA) is 73.9 Å². The Balaban J connectivity index is 1.60. The van der Waals surface area contributed by atoms with Gasteiger partial charge in [-0.1, -0.05) is 48.5 Å². The zero-order valence-electron chi connectivity index (χ0n) is 17.9. The summed E-state index contributed by atoms with van der Waals surface area (Å²) in [6.07, 6.45) is 1.36. The van der Waals surface area contributed by atoms with Crippen molar-refractivity contribution < 1.29 is 23.8 Å². The van der Waals surface area contributed by atoms with Crippen LogP contribution in [0, 0.1) is 5.92 Å². The molecule has 4 rings (SSSR count). The standard InChI is InChI=1S/C25H29NO5/c1-16(27)30-23-20-15-19(17-9-5-3-6-10-17)13-14-21(20)31-25(29-2)22(23)26-24(28)18-11-7-4-8-12-18/h3-12,19-23,25H,13-15H2,1-2H3,(H,26,28)/t19-,20-,21+,22+,23-,25+/m0/s1. The second-order valence-electron chi connectivity index (χ2n) is 8.30. The lowest BCUT2D eigenvalue weighted by atomic mass is 9.71. The molecule has 2 aliphatic rings. The van der Waals surface area contributed by atoms with Gasteiger partial charge in [-0.05, 0) is 42.9 Å². The predicted octanol–water partition coefficient (Wildman–Crippen LogP) is 3.67. The van der Waals surface area contributed by atoms with Gasteiger partial charge in [0.2, 0.25) is 0 Å². The first-order valence-corrected chi connectivity index (χ1v) is 10.8. The molecule has 1 saturated heterocycles. The minimum absolute atomic E-state index is 0.0321. The Bertz CT molecular complexity index is 887. The van der Waals surface area contributed by atoms with E-state index in [9.17, 15) is 9.59 Å². The van der Waals surface area contributed by atoms with Crippen LogP contribution in [0.3, 0.4) is 0 Å². The summed E-state index contributed by atoms with van der Waals surface area (Å²) in [6.45, 7) is 1.40. The van der Waals surface area contributed by atoms with Gasteiger partial charge >= 0.3 is 5.97 Å². The minimum Gasteiger partial charge on any atom is -0.460 e. The van der Waals surface area contributed by atoms with Crippen LogP contribution >= 0.6 is 0 Å². The molecule has 1 saturated carbocycles. The molecule has 164 valence electrons. The molecular formula is C25H29NO5. The summed E-state index contributed by atoms with van der Waals surface area (Å²) in [5.74, 6) is -0.299. The van der Waals surface area contributed by atoms with E-state index in [1.54, 1.807) is 19.2 Å². The minimum atomic E-state index is -0.688. The lowest BCUT2D eigenvalue weighted by Crippen LogP contribution is -2.63. The fraction of sp³-hybridized carbons (Fsp3) is 0.440. The molecule has 2 fully saturated rings. The molecule has 31 heavy (non-hydrogen) atoms. The highest BCUT2D eigenvalue weighted by Crippen LogP contribution is 2.44. The number of fused-ring (bicyclic) bond motifs is 1. The van der Waals surface area contributed by atoms with Gasteiger partial charge < -0.3 is 19.5 Å². The zero-order chi connectivity index (χ0) is 21.8. The summed E-state index contributed by atoms with van der Waals surface area (Å²) in [5.41, 5.74) is 1.81. The van der Waals surface area contributed by atoms with E-state index in [4.69, 9.17) is 14.2 Å². The van der Waals surface area contributed by atoms with Crippen LogP contribution in [0.1, 0.15) is 48.0 Å². The summed E-state index contributed by atoms with van der Waals surface area (Å²) < 4.78 is 17.7. The summed E-state index contributed by atoms with van der Waals surface area (Å²) in [7, 11) is 1.55. The molecular weight excluding hydrogens is 394 g/mol. The second kappa shape index (κ2) is 9.62. The van der Waals surface area contributed by atoms with Crippen LogP contribution in [-0.2, 0) is 19.0 Å². The first-order valence-electron chi connectivity index (χ1n) is 10.8. The van der Waals surface area contributed by atoms with Gasteiger partial charge in [0.25, 0.3) is 5.91 Å². The number of methoxy groups -OCH3 is 1. The highest BCUT2D eigenvalue weighted by molar-refractivity contribution is 5.94. The van der Waals surface area contributed by atoms with E-state index in [2.05, 4.69) is 17.4 Å². The molecule has 0 aromatic heterocycles. The Morgan fingerprint density at radius 1 is 1.00 bits per heavy atom. The third kappa shape index (κ3) is 4.81. The zero-order valence-corrected chi connectivity index (χ0v) is 17.9. The van der Waals surface area contributed by atoms with Crippen LogP contribution in [-0.4, -0.2) is 43.5 Å². The SMILES string of the molecule is CO[C@@H]1O[C@@H]2CC[C@H](c3ccccc3)C[C@@H]2[C@H](OC(C)=O)[C@H]1NC(=O)c1ccccc1. The summed E-state index contributed by atoms with van der Waals surface area (Å²) in [5, 5.41) is 3.01. The van der Waals surface area contributed by atoms with Crippen molar-refractivity contribution in [3.05, 3.63) is 71.8 Å². The van der Waals surface area contributed by atoms with Gasteiger partial charge in [-0.15, -0.1) is 0 Å². The van der Waals surface area contributed by atoms with Gasteiger partial charge in [0, 0.05) is 25.5 Å². The quantitative estimate of drug-likeness (QED) is 0.743. The summed E-state index contributed by atoms with van der Waals surface area (Å²) >= 11 is 0. The number of rotatable bonds is 5. The average molecular weight is 424 g/mol. The van der Waals surface area contributed by atoms with Crippen molar-refractivity contribution >= 4 is 11.9 Å². The summed E-state index contributed by atoms with van der Waals surface area (Å²) in [4.78, 5) is 24.9. The lowest BCUT2D eigenvalue weighted by Gasteiger charge is -2.49. The molecule has 6 atom stereocenters. The molecule has 1 aliphatic heterocycles. The van der Waals surface area contributed by atoms with Crippen LogP contribution in [0.2, 0.25) is 0 Å². The molecule has 0 spiro atoms. The number of carbonyl (C=O) groups excluding carboxylic acids is 2. The second-order valence-corrected chi connectivity index (χ2v) is 8.30. The highest BCUT2D eigenvalue weighted by Gasteiger charge is 2.50. The van der Waals surface area contributed by atoms with E-state index in [1.165, 1.54) is 12.5 Å². The van der Waals surface area contributed by atoms with Crippen molar-refractivity contribution in [2.75, 3.05) is 7.11 Å². The molecule has 1 aliphatic carbocycles. The van der Waals surface area contributed by atoms with Crippen LogP contribution in [0.25, 0.3) is 0 Å². The lowest BCUT2D eigenvalue weighted by molar-refractivity contribution is -0.253. The van der Waals surface area contributed by atoms with Gasteiger partial charge in [-0.2, -0.15) is 0 Å². The summed E-state index contributed by atoms with van der Waals surface area (Å²) in [6, 6.07) is 18.8. The smallest absolute Gasteiger partial charge is 0.302 e. The number of amides is 1. The van der Waals surface area contributed by atoms with Crippen molar-refractivity contribution in [2.45, 2.75) is 56.6 Å².